The van der Waals surface area contributed by atoms with Crippen molar-refractivity contribution in [2.24, 2.45) is 11.7 Å². The Balaban J connectivity index is 1.41. The van der Waals surface area contributed by atoms with Gasteiger partial charge >= 0.3 is 6.09 Å². The third-order valence-corrected chi connectivity index (χ3v) is 7.36. The number of rotatable bonds is 6. The normalized spacial score (nSPS) is 25.4. The Morgan fingerprint density at radius 1 is 1.09 bits per heavy atom. The Morgan fingerprint density at radius 2 is 1.74 bits per heavy atom. The van der Waals surface area contributed by atoms with E-state index in [2.05, 4.69) is 34.3 Å². The number of fused-ring (bicyclic) bond motifs is 2. The number of carbonyl (C=O) groups excluding carboxylic acids is 3. The molecule has 4 rings (SSSR count). The lowest BCUT2D eigenvalue weighted by atomic mass is 9.97. The van der Waals surface area contributed by atoms with Crippen LogP contribution in [-0.4, -0.2) is 84.7 Å². The lowest BCUT2D eigenvalue weighted by molar-refractivity contribution is -0.132. The summed E-state index contributed by atoms with van der Waals surface area (Å²) in [5.74, 6) is -0.849. The second kappa shape index (κ2) is 10.0. The fourth-order valence-electron chi connectivity index (χ4n) is 5.53. The number of piperazine rings is 1. The van der Waals surface area contributed by atoms with Crippen LogP contribution in [0.3, 0.4) is 0 Å². The summed E-state index contributed by atoms with van der Waals surface area (Å²) in [7, 11) is 2.13. The molecule has 4 atom stereocenters. The van der Waals surface area contributed by atoms with E-state index in [4.69, 9.17) is 10.5 Å². The van der Waals surface area contributed by atoms with Crippen LogP contribution in [0.1, 0.15) is 45.6 Å². The minimum atomic E-state index is -0.850. The van der Waals surface area contributed by atoms with E-state index in [1.807, 2.05) is 32.9 Å². The van der Waals surface area contributed by atoms with Gasteiger partial charge in [-0.15, -0.1) is 0 Å². The Hall–Kier alpha value is -2.81. The lowest BCUT2D eigenvalue weighted by Gasteiger charge is -2.36. The van der Waals surface area contributed by atoms with Gasteiger partial charge in [0.25, 0.3) is 0 Å². The largest absolute Gasteiger partial charge is 0.444 e. The van der Waals surface area contributed by atoms with Crippen molar-refractivity contribution >= 4 is 23.6 Å². The van der Waals surface area contributed by atoms with Gasteiger partial charge in [0.05, 0.1) is 0 Å². The molecule has 0 aromatic heterocycles. The van der Waals surface area contributed by atoms with Gasteiger partial charge in [0.2, 0.25) is 11.8 Å². The van der Waals surface area contributed by atoms with Crippen molar-refractivity contribution in [1.82, 2.24) is 15.1 Å². The minimum absolute atomic E-state index is 0.000234. The third kappa shape index (κ3) is 5.89. The summed E-state index contributed by atoms with van der Waals surface area (Å²) in [5.41, 5.74) is 7.10. The summed E-state index contributed by atoms with van der Waals surface area (Å²) in [5, 5.41) is 2.84. The smallest absolute Gasteiger partial charge is 0.411 e. The fraction of sp³-hybridized carbons (Fsp3) is 0.654. The maximum absolute atomic E-state index is 13.3. The van der Waals surface area contributed by atoms with Crippen LogP contribution in [0.4, 0.5) is 10.5 Å². The van der Waals surface area contributed by atoms with Gasteiger partial charge in [0.1, 0.15) is 17.7 Å². The molecule has 0 radical (unpaired) electrons. The number of hydrogen-bond donors (Lipinski definition) is 2. The third-order valence-electron chi connectivity index (χ3n) is 7.36. The first-order chi connectivity index (χ1) is 16.5. The van der Waals surface area contributed by atoms with Crippen LogP contribution in [-0.2, 0) is 20.7 Å². The molecule has 3 N–H and O–H groups in total. The predicted octanol–water partition coefficient (Wildman–Crippen LogP) is 1.74. The summed E-state index contributed by atoms with van der Waals surface area (Å²) in [6, 6.07) is 6.60. The van der Waals surface area contributed by atoms with E-state index in [0.717, 1.165) is 56.7 Å². The number of anilines is 1. The quantitative estimate of drug-likeness (QED) is 0.636. The van der Waals surface area contributed by atoms with Gasteiger partial charge in [-0.05, 0) is 70.7 Å². The van der Waals surface area contributed by atoms with Crippen molar-refractivity contribution < 1.29 is 19.1 Å². The Bertz CT molecular complexity index is 936. The monoisotopic (exact) mass is 485 g/mol. The summed E-state index contributed by atoms with van der Waals surface area (Å²) in [4.78, 5) is 44.7. The number of carbonyl (C=O) groups is 3. The van der Waals surface area contributed by atoms with Crippen LogP contribution < -0.4 is 16.0 Å². The molecule has 2 saturated heterocycles. The molecule has 2 aliphatic heterocycles. The van der Waals surface area contributed by atoms with Crippen LogP contribution >= 0.6 is 0 Å². The number of benzene rings is 1. The molecule has 1 aliphatic carbocycles. The molecule has 9 heteroatoms. The highest BCUT2D eigenvalue weighted by Gasteiger charge is 2.52. The number of primary amides is 1. The molecule has 2 bridgehead atoms. The lowest BCUT2D eigenvalue weighted by Crippen LogP contribution is -2.57. The van der Waals surface area contributed by atoms with Gasteiger partial charge in [-0.25, -0.2) is 4.79 Å². The topological polar surface area (TPSA) is 108 Å². The van der Waals surface area contributed by atoms with Crippen molar-refractivity contribution in [3.05, 3.63) is 29.8 Å². The summed E-state index contributed by atoms with van der Waals surface area (Å²) in [6.07, 6.45) is 2.37. The van der Waals surface area contributed by atoms with E-state index in [-0.39, 0.29) is 17.9 Å². The highest BCUT2D eigenvalue weighted by molar-refractivity contribution is 5.91. The first-order valence-electron chi connectivity index (χ1n) is 12.7. The number of hydrogen-bond acceptors (Lipinski definition) is 6. The zero-order valence-electron chi connectivity index (χ0n) is 21.3. The number of ether oxygens (including phenoxy) is 1. The average Bonchev–Trinajstić information content (AvgIpc) is 3.40. The van der Waals surface area contributed by atoms with Crippen molar-refractivity contribution in [1.29, 1.82) is 0 Å². The zero-order chi connectivity index (χ0) is 25.3. The van der Waals surface area contributed by atoms with Gasteiger partial charge in [-0.2, -0.15) is 0 Å². The van der Waals surface area contributed by atoms with Crippen molar-refractivity contribution in [2.75, 3.05) is 38.1 Å². The van der Waals surface area contributed by atoms with Crippen LogP contribution in [0.5, 0.6) is 0 Å². The number of amides is 3. The molecule has 35 heavy (non-hydrogen) atoms. The van der Waals surface area contributed by atoms with E-state index in [9.17, 15) is 14.4 Å². The molecule has 1 aromatic carbocycles. The molecule has 9 nitrogen and oxygen atoms in total. The molecule has 0 unspecified atom stereocenters. The van der Waals surface area contributed by atoms with Gasteiger partial charge < -0.3 is 25.6 Å². The molecule has 1 saturated carbocycles. The number of nitrogens with one attached hydrogen (secondary N) is 1. The van der Waals surface area contributed by atoms with Crippen LogP contribution in [0.25, 0.3) is 0 Å². The highest BCUT2D eigenvalue weighted by Crippen LogP contribution is 2.43. The van der Waals surface area contributed by atoms with Gasteiger partial charge in [0.15, 0.2) is 0 Å². The maximum atomic E-state index is 13.3. The predicted molar refractivity (Wildman–Crippen MR) is 134 cm³/mol. The van der Waals surface area contributed by atoms with Gasteiger partial charge in [0, 0.05) is 44.3 Å². The van der Waals surface area contributed by atoms with Crippen LogP contribution in [0.2, 0.25) is 0 Å². The molecule has 1 aromatic rings. The van der Waals surface area contributed by atoms with Crippen LogP contribution in [0, 0.1) is 5.92 Å². The number of nitrogens with zero attached hydrogens (tertiary/aromatic N) is 3. The van der Waals surface area contributed by atoms with E-state index < -0.39 is 29.7 Å². The molecular formula is C26H39N5O4. The number of piperidine rings is 1. The van der Waals surface area contributed by atoms with E-state index in [0.29, 0.717) is 6.42 Å². The Kier molecular flexibility index (Phi) is 7.26. The summed E-state index contributed by atoms with van der Waals surface area (Å²) >= 11 is 0. The second-order valence-corrected chi connectivity index (χ2v) is 11.2. The molecule has 2 heterocycles. The average molecular weight is 486 g/mol. The van der Waals surface area contributed by atoms with Crippen molar-refractivity contribution in [3.63, 3.8) is 0 Å². The van der Waals surface area contributed by atoms with Gasteiger partial charge in [-0.1, -0.05) is 12.1 Å². The molecular weight excluding hydrogens is 446 g/mol. The van der Waals surface area contributed by atoms with Crippen molar-refractivity contribution in [2.45, 2.75) is 70.2 Å². The molecule has 192 valence electrons. The molecule has 3 aliphatic rings. The zero-order valence-corrected chi connectivity index (χ0v) is 21.3. The Labute approximate surface area is 207 Å². The first-order valence-corrected chi connectivity index (χ1v) is 12.7. The SMILES string of the molecule is CN1CCN(c2ccc(C[C@H](NC(=O)[C@@H]3[C@H]4CC[C@H](C4)N3C(=O)OC(C)(C)C)C(N)=O)cc2)CC1. The number of likely N-dealkylation sites (tertiary alicyclic amines) is 1. The van der Waals surface area contributed by atoms with E-state index >= 15 is 0 Å². The molecule has 0 spiro atoms. The molecule has 3 fully saturated rings. The van der Waals surface area contributed by atoms with E-state index in [1.165, 1.54) is 0 Å². The van der Waals surface area contributed by atoms with Crippen molar-refractivity contribution in [3.8, 4) is 0 Å². The first kappa shape index (κ1) is 25.3. The Morgan fingerprint density at radius 3 is 2.34 bits per heavy atom. The van der Waals surface area contributed by atoms with Gasteiger partial charge in [-0.3, -0.25) is 14.5 Å². The minimum Gasteiger partial charge on any atom is -0.444 e. The maximum Gasteiger partial charge on any atom is 0.411 e. The highest BCUT2D eigenvalue weighted by atomic mass is 16.6. The number of likely N-dealkylation sites (N-methyl/N-ethyl adjacent to an activating group) is 1. The fourth-order valence-corrected chi connectivity index (χ4v) is 5.53. The number of nitrogens with two attached hydrogens (primary N) is 1. The summed E-state index contributed by atoms with van der Waals surface area (Å²) in [6.45, 7) is 9.45. The van der Waals surface area contributed by atoms with Crippen LogP contribution in [0.15, 0.2) is 24.3 Å². The molecule has 3 amide bonds. The van der Waals surface area contributed by atoms with E-state index in [1.54, 1.807) is 4.90 Å². The second-order valence-electron chi connectivity index (χ2n) is 11.2. The summed E-state index contributed by atoms with van der Waals surface area (Å²) < 4.78 is 5.58. The standard InChI is InChI=1S/C26H39N5O4/c1-26(2,3)35-25(34)31-20-10-7-18(16-20)22(31)24(33)28-21(23(27)32)15-17-5-8-19(9-6-17)30-13-11-29(4)12-14-30/h5-6,8-9,18,20-22H,7,10-16H2,1-4H3,(H2,27,32)(H,28,33)/t18-,20+,21-,22-/m0/s1.